The lowest BCUT2D eigenvalue weighted by Gasteiger charge is -2.38. The molecule has 2 aliphatic rings. The lowest BCUT2D eigenvalue weighted by atomic mass is 9.74. The van der Waals surface area contributed by atoms with Gasteiger partial charge in [-0.3, -0.25) is 9.59 Å². The average Bonchev–Trinajstić information content (AvgIpc) is 2.74. The summed E-state index contributed by atoms with van der Waals surface area (Å²) >= 11 is 5.86. The van der Waals surface area contributed by atoms with Crippen LogP contribution < -0.4 is 4.74 Å². The van der Waals surface area contributed by atoms with Crippen LogP contribution in [0, 0.1) is 16.7 Å². The molecule has 7 heteroatoms. The number of benzene rings is 1. The van der Waals surface area contributed by atoms with Crippen molar-refractivity contribution < 1.29 is 18.7 Å². The number of halogens is 2. The summed E-state index contributed by atoms with van der Waals surface area (Å²) in [6.45, 7) is 0.750. The number of hydrogen-bond donors (Lipinski definition) is 0. The first-order valence-corrected chi connectivity index (χ1v) is 9.93. The number of piperidine rings is 1. The van der Waals surface area contributed by atoms with Crippen molar-refractivity contribution in [1.82, 2.24) is 4.90 Å². The van der Waals surface area contributed by atoms with Crippen molar-refractivity contribution in [3.05, 3.63) is 52.3 Å². The lowest BCUT2D eigenvalue weighted by molar-refractivity contribution is -0.135. The third kappa shape index (κ3) is 5.24. The molecule has 0 atom stereocenters. The van der Waals surface area contributed by atoms with Crippen molar-refractivity contribution in [2.75, 3.05) is 19.7 Å². The molecule has 1 fully saturated rings. The van der Waals surface area contributed by atoms with Crippen LogP contribution in [0.5, 0.6) is 5.75 Å². The first-order chi connectivity index (χ1) is 13.9. The van der Waals surface area contributed by atoms with Gasteiger partial charge in [-0.2, -0.15) is 5.26 Å². The SMILES string of the molecule is N#CC1(CC2=CC=C(F)CC2)CCN(C(=O)COc2ccc(Cl)cc2C=O)CC1. The minimum absolute atomic E-state index is 0.126. The molecule has 1 aliphatic carbocycles. The van der Waals surface area contributed by atoms with E-state index in [-0.39, 0.29) is 18.3 Å². The van der Waals surface area contributed by atoms with Crippen molar-refractivity contribution in [1.29, 1.82) is 5.26 Å². The molecule has 3 rings (SSSR count). The molecule has 0 aromatic heterocycles. The van der Waals surface area contributed by atoms with E-state index in [1.54, 1.807) is 23.1 Å². The minimum Gasteiger partial charge on any atom is -0.483 e. The summed E-state index contributed by atoms with van der Waals surface area (Å²) in [6.07, 6.45) is 6.67. The Hall–Kier alpha value is -2.65. The van der Waals surface area contributed by atoms with Crippen molar-refractivity contribution in [2.45, 2.75) is 32.1 Å². The maximum atomic E-state index is 13.2. The number of nitrogens with zero attached hydrogens (tertiary/aromatic N) is 2. The molecule has 0 saturated carbocycles. The Morgan fingerprint density at radius 3 is 2.69 bits per heavy atom. The van der Waals surface area contributed by atoms with Crippen LogP contribution in [0.15, 0.2) is 41.8 Å². The van der Waals surface area contributed by atoms with Crippen LogP contribution in [0.4, 0.5) is 4.39 Å². The van der Waals surface area contributed by atoms with E-state index in [0.717, 1.165) is 5.57 Å². The number of allylic oxidation sites excluding steroid dienone is 4. The molecule has 0 spiro atoms. The fraction of sp³-hybridized carbons (Fsp3) is 0.409. The molecule has 1 amide bonds. The van der Waals surface area contributed by atoms with Gasteiger partial charge >= 0.3 is 0 Å². The van der Waals surface area contributed by atoms with Gasteiger partial charge in [-0.05, 0) is 50.0 Å². The van der Waals surface area contributed by atoms with E-state index >= 15 is 0 Å². The lowest BCUT2D eigenvalue weighted by Crippen LogP contribution is -2.44. The summed E-state index contributed by atoms with van der Waals surface area (Å²) in [6, 6.07) is 7.08. The number of aldehydes is 1. The normalized spacial score (nSPS) is 18.3. The molecular formula is C22H22ClFN2O3. The van der Waals surface area contributed by atoms with E-state index in [0.29, 0.717) is 67.8 Å². The largest absolute Gasteiger partial charge is 0.483 e. The van der Waals surface area contributed by atoms with Crippen molar-refractivity contribution in [3.63, 3.8) is 0 Å². The first kappa shape index (κ1) is 21.1. The molecule has 152 valence electrons. The van der Waals surface area contributed by atoms with Crippen molar-refractivity contribution in [3.8, 4) is 11.8 Å². The Morgan fingerprint density at radius 2 is 2.07 bits per heavy atom. The zero-order chi connectivity index (χ0) is 20.9. The predicted octanol–water partition coefficient (Wildman–Crippen LogP) is 4.63. The van der Waals surface area contributed by atoms with E-state index in [4.69, 9.17) is 16.3 Å². The van der Waals surface area contributed by atoms with Crippen LogP contribution in [-0.2, 0) is 4.79 Å². The fourth-order valence-electron chi connectivity index (χ4n) is 3.72. The zero-order valence-electron chi connectivity index (χ0n) is 16.0. The standard InChI is InChI=1S/C22H22ClFN2O3/c23-18-3-6-20(17(11-18)13-27)29-14-21(28)26-9-7-22(15-25,8-10-26)12-16-1-4-19(24)5-2-16/h1,3-4,6,11,13H,2,5,7-10,12,14H2. The topological polar surface area (TPSA) is 70.4 Å². The Bertz CT molecular complexity index is 896. The highest BCUT2D eigenvalue weighted by Gasteiger charge is 2.37. The number of amides is 1. The number of carbonyl (C=O) groups is 2. The minimum atomic E-state index is -0.522. The monoisotopic (exact) mass is 416 g/mol. The number of hydrogen-bond acceptors (Lipinski definition) is 4. The summed E-state index contributed by atoms with van der Waals surface area (Å²) in [7, 11) is 0. The second-order valence-corrected chi connectivity index (χ2v) is 7.91. The number of rotatable bonds is 6. The highest BCUT2D eigenvalue weighted by Crippen LogP contribution is 2.39. The van der Waals surface area contributed by atoms with Crippen molar-refractivity contribution >= 4 is 23.8 Å². The molecule has 0 bridgehead atoms. The van der Waals surface area contributed by atoms with E-state index in [2.05, 4.69) is 6.07 Å². The molecule has 0 N–H and O–H groups in total. The van der Waals surface area contributed by atoms with E-state index in [9.17, 15) is 19.2 Å². The average molecular weight is 417 g/mol. The van der Waals surface area contributed by atoms with Gasteiger partial charge in [0.25, 0.3) is 5.91 Å². The van der Waals surface area contributed by atoms with Gasteiger partial charge in [0.2, 0.25) is 0 Å². The third-order valence-electron chi connectivity index (χ3n) is 5.51. The van der Waals surface area contributed by atoms with Gasteiger partial charge < -0.3 is 9.64 Å². The summed E-state index contributed by atoms with van der Waals surface area (Å²) in [5.74, 6) is -0.00511. The van der Waals surface area contributed by atoms with Gasteiger partial charge in [0.1, 0.15) is 11.6 Å². The van der Waals surface area contributed by atoms with Gasteiger partial charge in [0.05, 0.1) is 17.0 Å². The summed E-state index contributed by atoms with van der Waals surface area (Å²) in [5, 5.41) is 10.2. The van der Waals surface area contributed by atoms with Crippen molar-refractivity contribution in [2.24, 2.45) is 5.41 Å². The predicted molar refractivity (Wildman–Crippen MR) is 107 cm³/mol. The van der Waals surface area contributed by atoms with Crippen LogP contribution in [-0.4, -0.2) is 36.8 Å². The molecular weight excluding hydrogens is 395 g/mol. The zero-order valence-corrected chi connectivity index (χ0v) is 16.8. The second kappa shape index (κ2) is 9.23. The maximum Gasteiger partial charge on any atom is 0.260 e. The highest BCUT2D eigenvalue weighted by molar-refractivity contribution is 6.30. The van der Waals surface area contributed by atoms with E-state index in [1.807, 2.05) is 0 Å². The number of likely N-dealkylation sites (tertiary alicyclic amines) is 1. The summed E-state index contributed by atoms with van der Waals surface area (Å²) in [4.78, 5) is 25.3. The van der Waals surface area contributed by atoms with Crippen LogP contribution in [0.2, 0.25) is 5.02 Å². The van der Waals surface area contributed by atoms with Crippen LogP contribution in [0.3, 0.4) is 0 Å². The highest BCUT2D eigenvalue weighted by atomic mass is 35.5. The molecule has 0 unspecified atom stereocenters. The van der Waals surface area contributed by atoms with Gasteiger partial charge in [-0.15, -0.1) is 0 Å². The van der Waals surface area contributed by atoms with Crippen LogP contribution in [0.1, 0.15) is 42.5 Å². The van der Waals surface area contributed by atoms with E-state index < -0.39 is 5.41 Å². The Morgan fingerprint density at radius 1 is 1.31 bits per heavy atom. The molecule has 1 aromatic rings. The number of carbonyl (C=O) groups excluding carboxylic acids is 2. The Labute approximate surface area is 174 Å². The molecule has 1 saturated heterocycles. The molecule has 0 radical (unpaired) electrons. The number of ether oxygens (including phenoxy) is 1. The number of nitriles is 1. The van der Waals surface area contributed by atoms with Crippen LogP contribution in [0.25, 0.3) is 0 Å². The Kier molecular flexibility index (Phi) is 6.71. The first-order valence-electron chi connectivity index (χ1n) is 9.55. The molecule has 1 heterocycles. The molecule has 1 aliphatic heterocycles. The molecule has 5 nitrogen and oxygen atoms in total. The van der Waals surface area contributed by atoms with Crippen LogP contribution >= 0.6 is 11.6 Å². The quantitative estimate of drug-likeness (QED) is 0.634. The third-order valence-corrected chi connectivity index (χ3v) is 5.75. The molecule has 29 heavy (non-hydrogen) atoms. The van der Waals surface area contributed by atoms with Gasteiger partial charge in [0.15, 0.2) is 12.9 Å². The van der Waals surface area contributed by atoms with E-state index in [1.165, 1.54) is 12.1 Å². The smallest absolute Gasteiger partial charge is 0.260 e. The van der Waals surface area contributed by atoms with Gasteiger partial charge in [0, 0.05) is 24.5 Å². The summed E-state index contributed by atoms with van der Waals surface area (Å²) < 4.78 is 18.7. The van der Waals surface area contributed by atoms with Gasteiger partial charge in [-0.25, -0.2) is 4.39 Å². The molecule has 1 aromatic carbocycles. The second-order valence-electron chi connectivity index (χ2n) is 7.48. The Balaban J connectivity index is 1.55. The maximum absolute atomic E-state index is 13.2. The van der Waals surface area contributed by atoms with Gasteiger partial charge in [-0.1, -0.05) is 23.3 Å². The summed E-state index contributed by atoms with van der Waals surface area (Å²) in [5.41, 5.74) is 0.852. The fourth-order valence-corrected chi connectivity index (χ4v) is 3.90.